The maximum atomic E-state index is 3.30. The topological polar surface area (TPSA) is 15.3 Å². The van der Waals surface area contributed by atoms with Gasteiger partial charge >= 0.3 is 0 Å². The second-order valence-electron chi connectivity index (χ2n) is 3.76. The van der Waals surface area contributed by atoms with Crippen LogP contribution < -0.4 is 5.32 Å². The molecule has 0 aromatic heterocycles. The maximum Gasteiger partial charge on any atom is 0.0249 e. The predicted molar refractivity (Wildman–Crippen MR) is 44.2 cm³/mol. The number of hydrogen-bond donors (Lipinski definition) is 1. The molecule has 0 unspecified atom stereocenters. The van der Waals surface area contributed by atoms with Crippen LogP contribution in [0.3, 0.4) is 0 Å². The van der Waals surface area contributed by atoms with Gasteiger partial charge in [-0.15, -0.1) is 0 Å². The van der Waals surface area contributed by atoms with E-state index in [4.69, 9.17) is 0 Å². The number of hydrogen-bond acceptors (Lipinski definition) is 2. The highest BCUT2D eigenvalue weighted by Gasteiger charge is 2.22. The average Bonchev–Trinajstić information content (AvgIpc) is 1.80. The van der Waals surface area contributed by atoms with Gasteiger partial charge in [0.05, 0.1) is 0 Å². The van der Waals surface area contributed by atoms with E-state index >= 15 is 0 Å². The molecule has 0 amide bonds. The zero-order chi connectivity index (χ0) is 7.61. The molecule has 60 valence electrons. The van der Waals surface area contributed by atoms with Crippen LogP contribution in [-0.4, -0.2) is 37.1 Å². The fourth-order valence-corrected chi connectivity index (χ4v) is 1.18. The molecular formula is C8H18N2. The molecule has 0 aliphatic carbocycles. The van der Waals surface area contributed by atoms with Crippen LogP contribution in [0.1, 0.15) is 20.3 Å². The van der Waals surface area contributed by atoms with Crippen LogP contribution >= 0.6 is 0 Å². The van der Waals surface area contributed by atoms with Crippen LogP contribution in [0.5, 0.6) is 0 Å². The van der Waals surface area contributed by atoms with E-state index in [0.29, 0.717) is 5.54 Å². The van der Waals surface area contributed by atoms with Gasteiger partial charge in [-0.1, -0.05) is 0 Å². The molecule has 2 nitrogen and oxygen atoms in total. The van der Waals surface area contributed by atoms with Crippen LogP contribution in [0, 0.1) is 0 Å². The van der Waals surface area contributed by atoms with Gasteiger partial charge in [-0.25, -0.2) is 0 Å². The molecule has 1 heterocycles. The summed E-state index contributed by atoms with van der Waals surface area (Å²) in [5.41, 5.74) is 0.292. The third kappa shape index (κ3) is 1.96. The van der Waals surface area contributed by atoms with E-state index in [-0.39, 0.29) is 0 Å². The van der Waals surface area contributed by atoms with Crippen LogP contribution in [0.15, 0.2) is 0 Å². The molecule has 0 spiro atoms. The lowest BCUT2D eigenvalue weighted by Crippen LogP contribution is -2.51. The van der Waals surface area contributed by atoms with Crippen molar-refractivity contribution in [3.05, 3.63) is 0 Å². The molecule has 1 aliphatic heterocycles. The molecule has 1 saturated heterocycles. The van der Waals surface area contributed by atoms with Crippen LogP contribution in [0.2, 0.25) is 0 Å². The summed E-state index contributed by atoms with van der Waals surface area (Å²) in [5, 5.41) is 3.30. The summed E-state index contributed by atoms with van der Waals surface area (Å²) < 4.78 is 0. The van der Waals surface area contributed by atoms with Gasteiger partial charge in [0.15, 0.2) is 0 Å². The second kappa shape index (κ2) is 2.89. The SMILES string of the molecule is CNC(C)(C)CN1CCC1. The zero-order valence-corrected chi connectivity index (χ0v) is 7.28. The molecule has 1 rings (SSSR count). The maximum absolute atomic E-state index is 3.30. The van der Waals surface area contributed by atoms with E-state index in [1.54, 1.807) is 0 Å². The van der Waals surface area contributed by atoms with Crippen molar-refractivity contribution in [1.82, 2.24) is 10.2 Å². The first-order chi connectivity index (χ1) is 4.64. The monoisotopic (exact) mass is 142 g/mol. The van der Waals surface area contributed by atoms with Crippen molar-refractivity contribution in [3.8, 4) is 0 Å². The molecule has 10 heavy (non-hydrogen) atoms. The lowest BCUT2D eigenvalue weighted by atomic mass is 10.0. The molecule has 1 fully saturated rings. The highest BCUT2D eigenvalue weighted by Crippen LogP contribution is 2.11. The number of nitrogens with one attached hydrogen (secondary N) is 1. The number of likely N-dealkylation sites (tertiary alicyclic amines) is 1. The van der Waals surface area contributed by atoms with Crippen molar-refractivity contribution < 1.29 is 0 Å². The van der Waals surface area contributed by atoms with Crippen LogP contribution in [-0.2, 0) is 0 Å². The molecule has 0 radical (unpaired) electrons. The molecule has 1 aliphatic rings. The Morgan fingerprint density at radius 2 is 2.00 bits per heavy atom. The van der Waals surface area contributed by atoms with Crippen molar-refractivity contribution in [2.24, 2.45) is 0 Å². The molecule has 0 aromatic carbocycles. The number of likely N-dealkylation sites (N-methyl/N-ethyl adjacent to an activating group) is 1. The second-order valence-corrected chi connectivity index (χ2v) is 3.76. The minimum atomic E-state index is 0.292. The smallest absolute Gasteiger partial charge is 0.0249 e. The van der Waals surface area contributed by atoms with E-state index < -0.39 is 0 Å². The third-order valence-electron chi connectivity index (χ3n) is 2.24. The van der Waals surface area contributed by atoms with Gasteiger partial charge in [0.1, 0.15) is 0 Å². The minimum Gasteiger partial charge on any atom is -0.314 e. The van der Waals surface area contributed by atoms with E-state index in [9.17, 15) is 0 Å². The Kier molecular flexibility index (Phi) is 2.32. The average molecular weight is 142 g/mol. The van der Waals surface area contributed by atoms with E-state index in [1.165, 1.54) is 26.1 Å². The van der Waals surface area contributed by atoms with Gasteiger partial charge in [0.2, 0.25) is 0 Å². The first kappa shape index (κ1) is 8.02. The summed E-state index contributed by atoms with van der Waals surface area (Å²) in [6.45, 7) is 8.26. The highest BCUT2D eigenvalue weighted by atomic mass is 15.2. The molecule has 0 bridgehead atoms. The predicted octanol–water partition coefficient (Wildman–Crippen LogP) is 0.690. The summed E-state index contributed by atoms with van der Waals surface area (Å²) in [4.78, 5) is 2.48. The molecule has 0 aromatic rings. The first-order valence-corrected chi connectivity index (χ1v) is 4.05. The molecule has 0 atom stereocenters. The highest BCUT2D eigenvalue weighted by molar-refractivity contribution is 4.83. The van der Waals surface area contributed by atoms with Gasteiger partial charge in [0.25, 0.3) is 0 Å². The summed E-state index contributed by atoms with van der Waals surface area (Å²) >= 11 is 0. The van der Waals surface area contributed by atoms with Gasteiger partial charge in [-0.05, 0) is 40.4 Å². The van der Waals surface area contributed by atoms with E-state index in [0.717, 1.165) is 0 Å². The van der Waals surface area contributed by atoms with Crippen LogP contribution in [0.25, 0.3) is 0 Å². The third-order valence-corrected chi connectivity index (χ3v) is 2.24. The first-order valence-electron chi connectivity index (χ1n) is 4.05. The quantitative estimate of drug-likeness (QED) is 0.623. The standard InChI is InChI=1S/C8H18N2/c1-8(2,9-3)7-10-5-4-6-10/h9H,4-7H2,1-3H3. The van der Waals surface area contributed by atoms with Crippen molar-refractivity contribution in [2.45, 2.75) is 25.8 Å². The van der Waals surface area contributed by atoms with E-state index in [1.807, 2.05) is 7.05 Å². The van der Waals surface area contributed by atoms with Gasteiger partial charge in [-0.3, -0.25) is 0 Å². The molecular weight excluding hydrogens is 124 g/mol. The Bertz CT molecular complexity index is 106. The minimum absolute atomic E-state index is 0.292. The summed E-state index contributed by atoms with van der Waals surface area (Å²) in [7, 11) is 2.03. The molecule has 2 heteroatoms. The Morgan fingerprint density at radius 1 is 1.40 bits per heavy atom. The summed E-state index contributed by atoms with van der Waals surface area (Å²) in [6, 6.07) is 0. The van der Waals surface area contributed by atoms with Crippen molar-refractivity contribution in [2.75, 3.05) is 26.7 Å². The molecule has 1 N–H and O–H groups in total. The lowest BCUT2D eigenvalue weighted by molar-refractivity contribution is 0.138. The van der Waals surface area contributed by atoms with Crippen molar-refractivity contribution >= 4 is 0 Å². The number of nitrogens with zero attached hydrogens (tertiary/aromatic N) is 1. The van der Waals surface area contributed by atoms with Crippen molar-refractivity contribution in [3.63, 3.8) is 0 Å². The normalized spacial score (nSPS) is 20.7. The van der Waals surface area contributed by atoms with Gasteiger partial charge < -0.3 is 10.2 Å². The molecule has 0 saturated carbocycles. The van der Waals surface area contributed by atoms with E-state index in [2.05, 4.69) is 24.1 Å². The Balaban J connectivity index is 2.21. The Hall–Kier alpha value is -0.0800. The zero-order valence-electron chi connectivity index (χ0n) is 7.28. The van der Waals surface area contributed by atoms with Gasteiger partial charge in [0, 0.05) is 12.1 Å². The summed E-state index contributed by atoms with van der Waals surface area (Å²) in [5.74, 6) is 0. The summed E-state index contributed by atoms with van der Waals surface area (Å²) in [6.07, 6.45) is 1.39. The van der Waals surface area contributed by atoms with Crippen LogP contribution in [0.4, 0.5) is 0 Å². The fourth-order valence-electron chi connectivity index (χ4n) is 1.18. The van der Waals surface area contributed by atoms with Gasteiger partial charge in [-0.2, -0.15) is 0 Å². The number of rotatable bonds is 3. The Labute approximate surface area is 63.6 Å². The Morgan fingerprint density at radius 3 is 2.30 bits per heavy atom. The fraction of sp³-hybridized carbons (Fsp3) is 1.00. The lowest BCUT2D eigenvalue weighted by Gasteiger charge is -2.37. The van der Waals surface area contributed by atoms with Crippen molar-refractivity contribution in [1.29, 1.82) is 0 Å². The largest absolute Gasteiger partial charge is 0.314 e.